The van der Waals surface area contributed by atoms with Crippen LogP contribution in [0.25, 0.3) is 0 Å². The molecule has 1 heterocycles. The molecule has 3 rings (SSSR count). The Hall–Kier alpha value is -1.65. The molecular weight excluding hydrogens is 254 g/mol. The molecule has 2 fully saturated rings. The van der Waals surface area contributed by atoms with E-state index in [1.54, 1.807) is 6.92 Å². The van der Waals surface area contributed by atoms with Crippen LogP contribution in [0.3, 0.4) is 0 Å². The lowest BCUT2D eigenvalue weighted by Crippen LogP contribution is -2.37. The Morgan fingerprint density at radius 2 is 2.05 bits per heavy atom. The Balaban J connectivity index is 1.79. The van der Waals surface area contributed by atoms with Crippen molar-refractivity contribution in [1.29, 1.82) is 0 Å². The predicted molar refractivity (Wildman–Crippen MR) is 75.8 cm³/mol. The summed E-state index contributed by atoms with van der Waals surface area (Å²) < 4.78 is 0. The van der Waals surface area contributed by atoms with Crippen LogP contribution in [-0.4, -0.2) is 21.9 Å². The average molecular weight is 275 g/mol. The number of H-pyrrole nitrogens is 1. The van der Waals surface area contributed by atoms with E-state index in [9.17, 15) is 9.59 Å². The molecule has 0 radical (unpaired) electrons. The number of aromatic amines is 1. The summed E-state index contributed by atoms with van der Waals surface area (Å²) in [5, 5.41) is 2.97. The number of nitrogens with one attached hydrogen (secondary N) is 2. The Bertz CT molecular complexity index is 589. The molecule has 1 amide bonds. The molecule has 2 atom stereocenters. The van der Waals surface area contributed by atoms with Crippen LogP contribution in [-0.2, 0) is 0 Å². The van der Waals surface area contributed by atoms with Crippen molar-refractivity contribution in [2.24, 2.45) is 5.92 Å². The van der Waals surface area contributed by atoms with Gasteiger partial charge in [-0.2, -0.15) is 0 Å². The van der Waals surface area contributed by atoms with Gasteiger partial charge in [-0.05, 0) is 44.9 Å². The van der Waals surface area contributed by atoms with E-state index in [2.05, 4.69) is 22.2 Å². The van der Waals surface area contributed by atoms with Gasteiger partial charge < -0.3 is 10.3 Å². The first kappa shape index (κ1) is 13.3. The largest absolute Gasteiger partial charge is 0.349 e. The minimum atomic E-state index is -0.303. The van der Waals surface area contributed by atoms with Crippen molar-refractivity contribution in [2.45, 2.75) is 57.9 Å². The Morgan fingerprint density at radius 1 is 1.30 bits per heavy atom. The number of carbonyl (C=O) groups is 1. The first-order valence-electron chi connectivity index (χ1n) is 7.46. The second kappa shape index (κ2) is 5.04. The first-order chi connectivity index (χ1) is 9.54. The van der Waals surface area contributed by atoms with E-state index in [4.69, 9.17) is 0 Å². The molecule has 0 aromatic carbocycles. The normalized spacial score (nSPS) is 25.7. The molecule has 2 N–H and O–H groups in total. The van der Waals surface area contributed by atoms with Gasteiger partial charge in [-0.15, -0.1) is 0 Å². The molecule has 0 aliphatic heterocycles. The summed E-state index contributed by atoms with van der Waals surface area (Å²) in [5.74, 6) is 1.49. The van der Waals surface area contributed by atoms with Crippen LogP contribution in [0.15, 0.2) is 4.79 Å². The highest BCUT2D eigenvalue weighted by atomic mass is 16.2. The summed E-state index contributed by atoms with van der Waals surface area (Å²) in [6.07, 6.45) is 5.29. The zero-order valence-corrected chi connectivity index (χ0v) is 12.0. The molecule has 2 aliphatic carbocycles. The van der Waals surface area contributed by atoms with Crippen molar-refractivity contribution in [3.05, 3.63) is 27.4 Å². The van der Waals surface area contributed by atoms with E-state index < -0.39 is 0 Å². The topological polar surface area (TPSA) is 74.8 Å². The number of aromatic nitrogens is 2. The number of carbonyl (C=O) groups excluding carboxylic acids is 1. The van der Waals surface area contributed by atoms with Crippen LogP contribution in [0.1, 0.15) is 66.8 Å². The van der Waals surface area contributed by atoms with Crippen LogP contribution in [0.2, 0.25) is 0 Å². The van der Waals surface area contributed by atoms with Gasteiger partial charge in [0, 0.05) is 12.0 Å². The first-order valence-corrected chi connectivity index (χ1v) is 7.46. The summed E-state index contributed by atoms with van der Waals surface area (Å²) in [4.78, 5) is 31.5. The SMILES string of the molecule is Cc1nc(C2CC2)[nH]c(=O)c1C(=O)NC1CCC(C)C1. The number of hydrogen-bond donors (Lipinski definition) is 2. The number of rotatable bonds is 3. The van der Waals surface area contributed by atoms with Crippen LogP contribution in [0.4, 0.5) is 0 Å². The van der Waals surface area contributed by atoms with Crippen molar-refractivity contribution in [3.63, 3.8) is 0 Å². The molecular formula is C15H21N3O2. The fourth-order valence-corrected chi connectivity index (χ4v) is 3.02. The van der Waals surface area contributed by atoms with Gasteiger partial charge in [-0.25, -0.2) is 4.98 Å². The highest BCUT2D eigenvalue weighted by Crippen LogP contribution is 2.37. The molecule has 0 bridgehead atoms. The van der Waals surface area contributed by atoms with Crippen molar-refractivity contribution in [3.8, 4) is 0 Å². The molecule has 1 aromatic heterocycles. The van der Waals surface area contributed by atoms with Gasteiger partial charge in [0.25, 0.3) is 11.5 Å². The molecule has 5 nitrogen and oxygen atoms in total. The summed E-state index contributed by atoms with van der Waals surface area (Å²) >= 11 is 0. The summed E-state index contributed by atoms with van der Waals surface area (Å²) in [5.41, 5.74) is 0.413. The molecule has 0 spiro atoms. The van der Waals surface area contributed by atoms with E-state index in [0.29, 0.717) is 17.5 Å². The van der Waals surface area contributed by atoms with Crippen LogP contribution in [0.5, 0.6) is 0 Å². The lowest BCUT2D eigenvalue weighted by Gasteiger charge is -2.13. The van der Waals surface area contributed by atoms with E-state index in [1.807, 2.05) is 0 Å². The standard InChI is InChI=1S/C15H21N3O2/c1-8-3-6-11(7-8)17-14(19)12-9(2)16-13(10-4-5-10)18-15(12)20/h8,10-11H,3-7H2,1-2H3,(H,17,19)(H,16,18,20). The maximum atomic E-state index is 12.3. The zero-order valence-electron chi connectivity index (χ0n) is 12.0. The lowest BCUT2D eigenvalue weighted by atomic mass is 10.1. The predicted octanol–water partition coefficient (Wildman–Crippen LogP) is 1.87. The monoisotopic (exact) mass is 275 g/mol. The van der Waals surface area contributed by atoms with Gasteiger partial charge in [0.15, 0.2) is 0 Å². The van der Waals surface area contributed by atoms with Crippen molar-refractivity contribution in [1.82, 2.24) is 15.3 Å². The lowest BCUT2D eigenvalue weighted by molar-refractivity contribution is 0.0934. The Kier molecular flexibility index (Phi) is 3.36. The highest BCUT2D eigenvalue weighted by Gasteiger charge is 2.29. The van der Waals surface area contributed by atoms with E-state index in [-0.39, 0.29) is 23.1 Å². The van der Waals surface area contributed by atoms with Gasteiger partial charge in [0.05, 0.1) is 5.69 Å². The third-order valence-electron chi connectivity index (χ3n) is 4.34. The van der Waals surface area contributed by atoms with Crippen LogP contribution in [0, 0.1) is 12.8 Å². The van der Waals surface area contributed by atoms with E-state index >= 15 is 0 Å². The van der Waals surface area contributed by atoms with Gasteiger partial charge >= 0.3 is 0 Å². The number of aryl methyl sites for hydroxylation is 1. The zero-order chi connectivity index (χ0) is 14.3. The quantitative estimate of drug-likeness (QED) is 0.884. The maximum absolute atomic E-state index is 12.3. The second-order valence-electron chi connectivity index (χ2n) is 6.27. The van der Waals surface area contributed by atoms with E-state index in [1.165, 1.54) is 0 Å². The van der Waals surface area contributed by atoms with Gasteiger partial charge in [-0.3, -0.25) is 9.59 Å². The van der Waals surface area contributed by atoms with Gasteiger partial charge in [0.2, 0.25) is 0 Å². The summed E-state index contributed by atoms with van der Waals surface area (Å²) in [7, 11) is 0. The summed E-state index contributed by atoms with van der Waals surface area (Å²) in [6.45, 7) is 3.93. The smallest absolute Gasteiger partial charge is 0.264 e. The highest BCUT2D eigenvalue weighted by molar-refractivity contribution is 5.95. The molecule has 108 valence electrons. The molecule has 1 aromatic rings. The van der Waals surface area contributed by atoms with Crippen LogP contribution >= 0.6 is 0 Å². The number of amides is 1. The second-order valence-corrected chi connectivity index (χ2v) is 6.27. The fraction of sp³-hybridized carbons (Fsp3) is 0.667. The fourth-order valence-electron chi connectivity index (χ4n) is 3.02. The molecule has 0 saturated heterocycles. The van der Waals surface area contributed by atoms with Gasteiger partial charge in [0.1, 0.15) is 11.4 Å². The van der Waals surface area contributed by atoms with Crippen LogP contribution < -0.4 is 10.9 Å². The number of nitrogens with zero attached hydrogens (tertiary/aromatic N) is 1. The van der Waals surface area contributed by atoms with Crippen molar-refractivity contribution < 1.29 is 4.79 Å². The maximum Gasteiger partial charge on any atom is 0.264 e. The Labute approximate surface area is 118 Å². The summed E-state index contributed by atoms with van der Waals surface area (Å²) in [6, 6.07) is 0.194. The average Bonchev–Trinajstić information content (AvgIpc) is 3.13. The molecule has 2 saturated carbocycles. The number of hydrogen-bond acceptors (Lipinski definition) is 3. The molecule has 2 aliphatic rings. The third-order valence-corrected chi connectivity index (χ3v) is 4.34. The minimum Gasteiger partial charge on any atom is -0.349 e. The molecule has 5 heteroatoms. The van der Waals surface area contributed by atoms with Crippen molar-refractivity contribution in [2.75, 3.05) is 0 Å². The third kappa shape index (κ3) is 2.62. The van der Waals surface area contributed by atoms with E-state index in [0.717, 1.165) is 37.9 Å². The molecule has 20 heavy (non-hydrogen) atoms. The Morgan fingerprint density at radius 3 is 2.60 bits per heavy atom. The molecule has 2 unspecified atom stereocenters. The van der Waals surface area contributed by atoms with Gasteiger partial charge in [-0.1, -0.05) is 6.92 Å². The minimum absolute atomic E-state index is 0.175. The van der Waals surface area contributed by atoms with Crippen molar-refractivity contribution >= 4 is 5.91 Å².